The highest BCUT2D eigenvalue weighted by Gasteiger charge is 2.20. The van der Waals surface area contributed by atoms with Crippen molar-refractivity contribution >= 4 is 5.78 Å². The van der Waals surface area contributed by atoms with Crippen molar-refractivity contribution in [3.63, 3.8) is 0 Å². The summed E-state index contributed by atoms with van der Waals surface area (Å²) < 4.78 is 18.3. The molecule has 0 amide bonds. The van der Waals surface area contributed by atoms with Crippen LogP contribution in [0.4, 0.5) is 4.39 Å². The van der Waals surface area contributed by atoms with Crippen molar-refractivity contribution in [3.05, 3.63) is 35.6 Å². The molecule has 0 atom stereocenters. The Morgan fingerprint density at radius 1 is 1.30 bits per heavy atom. The van der Waals surface area contributed by atoms with Crippen molar-refractivity contribution in [3.8, 4) is 0 Å². The molecular weight excluding hydrogens is 257 g/mol. The minimum atomic E-state index is -0.313. The number of halogens is 1. The summed E-state index contributed by atoms with van der Waals surface area (Å²) in [4.78, 5) is 14.0. The van der Waals surface area contributed by atoms with Crippen LogP contribution in [-0.4, -0.2) is 44.0 Å². The van der Waals surface area contributed by atoms with E-state index in [4.69, 9.17) is 4.74 Å². The van der Waals surface area contributed by atoms with Gasteiger partial charge in [-0.1, -0.05) is 0 Å². The lowest BCUT2D eigenvalue weighted by atomic mass is 10.1. The summed E-state index contributed by atoms with van der Waals surface area (Å²) in [7, 11) is 1.98. The number of likely N-dealkylation sites (N-methyl/N-ethyl adjacent to an activating group) is 1. The van der Waals surface area contributed by atoms with Crippen LogP contribution in [0.1, 0.15) is 29.6 Å². The molecule has 1 aromatic carbocycles. The second-order valence-corrected chi connectivity index (χ2v) is 5.50. The first-order valence-electron chi connectivity index (χ1n) is 7.20. The van der Waals surface area contributed by atoms with Gasteiger partial charge in [-0.15, -0.1) is 0 Å². The first kappa shape index (κ1) is 15.1. The number of carbonyl (C=O) groups is 1. The van der Waals surface area contributed by atoms with E-state index in [2.05, 4.69) is 4.90 Å². The van der Waals surface area contributed by atoms with Crippen LogP contribution in [0, 0.1) is 11.7 Å². The van der Waals surface area contributed by atoms with Crippen LogP contribution in [0.25, 0.3) is 0 Å². The van der Waals surface area contributed by atoms with Gasteiger partial charge in [-0.25, -0.2) is 4.39 Å². The minimum absolute atomic E-state index is 0.0516. The first-order valence-corrected chi connectivity index (χ1v) is 7.20. The quantitative estimate of drug-likeness (QED) is 0.514. The third kappa shape index (κ3) is 5.39. The highest BCUT2D eigenvalue weighted by Crippen LogP contribution is 2.28. The molecule has 0 spiro atoms. The summed E-state index contributed by atoms with van der Waals surface area (Å²) in [5.41, 5.74) is 0.574. The number of hydrogen-bond donors (Lipinski definition) is 0. The predicted molar refractivity (Wildman–Crippen MR) is 76.4 cm³/mol. The molecule has 3 nitrogen and oxygen atoms in total. The molecule has 0 unspecified atom stereocenters. The van der Waals surface area contributed by atoms with Crippen LogP contribution in [0.15, 0.2) is 24.3 Å². The topological polar surface area (TPSA) is 29.5 Å². The molecule has 1 aliphatic rings. The molecule has 20 heavy (non-hydrogen) atoms. The fraction of sp³-hybridized carbons (Fsp3) is 0.562. The van der Waals surface area contributed by atoms with Gasteiger partial charge in [-0.2, -0.15) is 0 Å². The molecule has 1 aromatic rings. The molecule has 110 valence electrons. The fourth-order valence-corrected chi connectivity index (χ4v) is 1.94. The predicted octanol–water partition coefficient (Wildman–Crippen LogP) is 2.76. The Bertz CT molecular complexity index is 429. The van der Waals surface area contributed by atoms with E-state index in [0.717, 1.165) is 25.7 Å². The van der Waals surface area contributed by atoms with E-state index >= 15 is 0 Å². The number of rotatable bonds is 9. The number of nitrogens with zero attached hydrogens (tertiary/aromatic N) is 1. The van der Waals surface area contributed by atoms with E-state index in [1.54, 1.807) is 0 Å². The van der Waals surface area contributed by atoms with Crippen LogP contribution < -0.4 is 0 Å². The van der Waals surface area contributed by atoms with Crippen molar-refractivity contribution in [1.29, 1.82) is 0 Å². The summed E-state index contributed by atoms with van der Waals surface area (Å²) in [6, 6.07) is 5.72. The van der Waals surface area contributed by atoms with Crippen LogP contribution in [0.3, 0.4) is 0 Å². The van der Waals surface area contributed by atoms with E-state index in [9.17, 15) is 9.18 Å². The van der Waals surface area contributed by atoms with Gasteiger partial charge in [-0.3, -0.25) is 4.79 Å². The largest absolute Gasteiger partial charge is 0.380 e. The number of hydrogen-bond acceptors (Lipinski definition) is 3. The van der Waals surface area contributed by atoms with Crippen LogP contribution >= 0.6 is 0 Å². The van der Waals surface area contributed by atoms with Gasteiger partial charge in [0.25, 0.3) is 0 Å². The van der Waals surface area contributed by atoms with Gasteiger partial charge in [0.15, 0.2) is 5.78 Å². The lowest BCUT2D eigenvalue weighted by Gasteiger charge is -2.16. The SMILES string of the molecule is CN(CCOCC1CC1)CCC(=O)c1ccc(F)cc1. The Kier molecular flexibility index (Phi) is 5.68. The normalized spacial score (nSPS) is 14.8. The van der Waals surface area contributed by atoms with Crippen molar-refractivity contribution in [2.45, 2.75) is 19.3 Å². The zero-order chi connectivity index (χ0) is 14.4. The van der Waals surface area contributed by atoms with Crippen LogP contribution in [0.2, 0.25) is 0 Å². The molecule has 4 heteroatoms. The van der Waals surface area contributed by atoms with Gasteiger partial charge in [0.1, 0.15) is 5.82 Å². The molecule has 0 aliphatic heterocycles. The maximum absolute atomic E-state index is 12.8. The molecule has 1 saturated carbocycles. The number of ether oxygens (including phenoxy) is 1. The standard InChI is InChI=1S/C16H22FNO2/c1-18(10-11-20-12-13-2-3-13)9-8-16(19)14-4-6-15(17)7-5-14/h4-7,13H,2-3,8-12H2,1H3. The number of ketones is 1. The highest BCUT2D eigenvalue weighted by atomic mass is 19.1. The summed E-state index contributed by atoms with van der Waals surface area (Å²) in [5.74, 6) is 0.530. The fourth-order valence-electron chi connectivity index (χ4n) is 1.94. The van der Waals surface area contributed by atoms with Gasteiger partial charge in [0.2, 0.25) is 0 Å². The van der Waals surface area contributed by atoms with E-state index in [-0.39, 0.29) is 11.6 Å². The highest BCUT2D eigenvalue weighted by molar-refractivity contribution is 5.96. The van der Waals surface area contributed by atoms with Crippen molar-refractivity contribution < 1.29 is 13.9 Å². The first-order chi connectivity index (χ1) is 9.65. The third-order valence-corrected chi connectivity index (χ3v) is 3.55. The smallest absolute Gasteiger partial charge is 0.164 e. The van der Waals surface area contributed by atoms with Gasteiger partial charge < -0.3 is 9.64 Å². The van der Waals surface area contributed by atoms with Gasteiger partial charge in [-0.05, 0) is 50.1 Å². The molecule has 1 fully saturated rings. The third-order valence-electron chi connectivity index (χ3n) is 3.55. The lowest BCUT2D eigenvalue weighted by molar-refractivity contribution is 0.0918. The zero-order valence-corrected chi connectivity index (χ0v) is 12.0. The van der Waals surface area contributed by atoms with Gasteiger partial charge >= 0.3 is 0 Å². The minimum Gasteiger partial charge on any atom is -0.380 e. The van der Waals surface area contributed by atoms with Gasteiger partial charge in [0.05, 0.1) is 6.61 Å². The van der Waals surface area contributed by atoms with E-state index in [1.165, 1.54) is 37.1 Å². The molecule has 0 bridgehead atoms. The average molecular weight is 279 g/mol. The molecule has 2 rings (SSSR count). The van der Waals surface area contributed by atoms with Crippen LogP contribution in [-0.2, 0) is 4.74 Å². The molecule has 0 N–H and O–H groups in total. The monoisotopic (exact) mass is 279 g/mol. The van der Waals surface area contributed by atoms with E-state index in [0.29, 0.717) is 18.5 Å². The Morgan fingerprint density at radius 2 is 2.00 bits per heavy atom. The van der Waals surface area contributed by atoms with Crippen molar-refractivity contribution in [1.82, 2.24) is 4.90 Å². The molecule has 0 aromatic heterocycles. The van der Waals surface area contributed by atoms with Crippen molar-refractivity contribution in [2.24, 2.45) is 5.92 Å². The average Bonchev–Trinajstić information content (AvgIpc) is 3.26. The van der Waals surface area contributed by atoms with Crippen molar-refractivity contribution in [2.75, 3.05) is 33.4 Å². The van der Waals surface area contributed by atoms with E-state index in [1.807, 2.05) is 7.05 Å². The molecule has 0 saturated heterocycles. The molecule has 0 radical (unpaired) electrons. The van der Waals surface area contributed by atoms with Crippen LogP contribution in [0.5, 0.6) is 0 Å². The summed E-state index contributed by atoms with van der Waals surface area (Å²) >= 11 is 0. The number of benzene rings is 1. The van der Waals surface area contributed by atoms with Gasteiger partial charge in [0, 0.05) is 31.7 Å². The maximum atomic E-state index is 12.8. The Morgan fingerprint density at radius 3 is 2.65 bits per heavy atom. The maximum Gasteiger partial charge on any atom is 0.164 e. The summed E-state index contributed by atoms with van der Waals surface area (Å²) in [5, 5.41) is 0. The summed E-state index contributed by atoms with van der Waals surface area (Å²) in [6.07, 6.45) is 3.06. The Labute approximate surface area is 119 Å². The Balaban J connectivity index is 1.60. The second kappa shape index (κ2) is 7.50. The Hall–Kier alpha value is -1.26. The molecule has 0 heterocycles. The molecule has 1 aliphatic carbocycles. The number of Topliss-reactive ketones (excluding diaryl/α,β-unsaturated/α-hetero) is 1. The lowest BCUT2D eigenvalue weighted by Crippen LogP contribution is -2.26. The zero-order valence-electron chi connectivity index (χ0n) is 12.0. The second-order valence-electron chi connectivity index (χ2n) is 5.50. The molecular formula is C16H22FNO2. The number of carbonyl (C=O) groups excluding carboxylic acids is 1. The van der Waals surface area contributed by atoms with E-state index < -0.39 is 0 Å². The summed E-state index contributed by atoms with van der Waals surface area (Å²) in [6.45, 7) is 3.13.